The Labute approximate surface area is 103 Å². The maximum absolute atomic E-state index is 11.8. The van der Waals surface area contributed by atoms with Gasteiger partial charge in [0.2, 0.25) is 5.91 Å². The van der Waals surface area contributed by atoms with Crippen LogP contribution in [0.5, 0.6) is 0 Å². The molecule has 17 heavy (non-hydrogen) atoms. The molecule has 5 nitrogen and oxygen atoms in total. The summed E-state index contributed by atoms with van der Waals surface area (Å²) in [5.74, 6) is -0.200. The summed E-state index contributed by atoms with van der Waals surface area (Å²) >= 11 is 0. The smallest absolute Gasteiger partial charge is 0.237 e. The van der Waals surface area contributed by atoms with Crippen LogP contribution in [-0.4, -0.2) is 57.4 Å². The molecule has 1 rings (SSSR count). The van der Waals surface area contributed by atoms with Crippen molar-refractivity contribution in [3.05, 3.63) is 0 Å². The Bertz CT molecular complexity index is 348. The van der Waals surface area contributed by atoms with Gasteiger partial charge in [0.15, 0.2) is 9.84 Å². The van der Waals surface area contributed by atoms with Gasteiger partial charge in [-0.15, -0.1) is 0 Å². The first kappa shape index (κ1) is 14.4. The second kappa shape index (κ2) is 6.35. The van der Waals surface area contributed by atoms with Gasteiger partial charge in [-0.1, -0.05) is 0 Å². The number of amides is 1. The summed E-state index contributed by atoms with van der Waals surface area (Å²) in [6, 6.07) is 0. The number of rotatable bonds is 5. The molecule has 100 valence electrons. The second-order valence-corrected chi connectivity index (χ2v) is 6.86. The van der Waals surface area contributed by atoms with Crippen molar-refractivity contribution in [3.63, 3.8) is 0 Å². The lowest BCUT2D eigenvalue weighted by molar-refractivity contribution is -0.128. The Morgan fingerprint density at radius 3 is 2.65 bits per heavy atom. The second-order valence-electron chi connectivity index (χ2n) is 4.71. The Balaban J connectivity index is 2.49. The maximum atomic E-state index is 11.8. The average Bonchev–Trinajstić information content (AvgIpc) is 2.24. The lowest BCUT2D eigenvalue weighted by Gasteiger charge is -2.29. The first-order valence-electron chi connectivity index (χ1n) is 6.08. The van der Waals surface area contributed by atoms with Gasteiger partial charge in [-0.3, -0.25) is 4.79 Å². The number of hydrogen-bond acceptors (Lipinski definition) is 4. The van der Waals surface area contributed by atoms with Gasteiger partial charge < -0.3 is 10.2 Å². The molecule has 0 radical (unpaired) electrons. The third kappa shape index (κ3) is 5.50. The van der Waals surface area contributed by atoms with E-state index in [1.54, 1.807) is 4.90 Å². The van der Waals surface area contributed by atoms with Crippen LogP contribution >= 0.6 is 0 Å². The minimum absolute atomic E-state index is 0.277. The van der Waals surface area contributed by atoms with E-state index in [9.17, 15) is 13.2 Å². The number of sulfone groups is 1. The molecule has 1 fully saturated rings. The molecule has 0 spiro atoms. The van der Waals surface area contributed by atoms with Gasteiger partial charge in [-0.2, -0.15) is 0 Å². The van der Waals surface area contributed by atoms with Crippen molar-refractivity contribution in [3.8, 4) is 0 Å². The normalized spacial score (nSPS) is 21.2. The van der Waals surface area contributed by atoms with E-state index in [2.05, 4.69) is 5.32 Å². The quantitative estimate of drug-likeness (QED) is 0.750. The summed E-state index contributed by atoms with van der Waals surface area (Å²) < 4.78 is 22.2. The molecule has 0 aliphatic carbocycles. The first-order chi connectivity index (χ1) is 7.92. The molecular formula is C11H22N2O3S. The van der Waals surface area contributed by atoms with Crippen LogP contribution in [0.15, 0.2) is 0 Å². The molecule has 6 heteroatoms. The maximum Gasteiger partial charge on any atom is 0.237 e. The summed E-state index contributed by atoms with van der Waals surface area (Å²) in [4.78, 5) is 13.4. The standard InChI is InChI=1S/C11H22N2O3S/c1-3-13(11(14)9-17(2,15)16)8-10-5-4-6-12-7-10/h10,12H,3-9H2,1-2H3. The van der Waals surface area contributed by atoms with Crippen LogP contribution in [-0.2, 0) is 14.6 Å². The van der Waals surface area contributed by atoms with Crippen LogP contribution in [0.4, 0.5) is 0 Å². The van der Waals surface area contributed by atoms with E-state index >= 15 is 0 Å². The fourth-order valence-corrected chi connectivity index (χ4v) is 2.75. The zero-order valence-electron chi connectivity index (χ0n) is 10.6. The van der Waals surface area contributed by atoms with Crippen LogP contribution < -0.4 is 5.32 Å². The average molecular weight is 262 g/mol. The highest BCUT2D eigenvalue weighted by atomic mass is 32.2. The predicted octanol–water partition coefficient (Wildman–Crippen LogP) is -0.121. The highest BCUT2D eigenvalue weighted by molar-refractivity contribution is 7.91. The number of piperidine rings is 1. The van der Waals surface area contributed by atoms with Crippen LogP contribution in [0.3, 0.4) is 0 Å². The topological polar surface area (TPSA) is 66.5 Å². The minimum atomic E-state index is -3.23. The Hall–Kier alpha value is -0.620. The van der Waals surface area contributed by atoms with Crippen molar-refractivity contribution in [1.82, 2.24) is 10.2 Å². The Morgan fingerprint density at radius 2 is 2.18 bits per heavy atom. The van der Waals surface area contributed by atoms with E-state index in [1.165, 1.54) is 0 Å². The molecule has 1 N–H and O–H groups in total. The van der Waals surface area contributed by atoms with Gasteiger partial charge in [-0.25, -0.2) is 8.42 Å². The largest absolute Gasteiger partial charge is 0.342 e. The van der Waals surface area contributed by atoms with Crippen molar-refractivity contribution in [2.24, 2.45) is 5.92 Å². The van der Waals surface area contributed by atoms with Gasteiger partial charge in [0.05, 0.1) is 0 Å². The van der Waals surface area contributed by atoms with Crippen LogP contribution in [0.2, 0.25) is 0 Å². The zero-order valence-corrected chi connectivity index (χ0v) is 11.4. The molecule has 0 bridgehead atoms. The van der Waals surface area contributed by atoms with Crippen LogP contribution in [0, 0.1) is 5.92 Å². The van der Waals surface area contributed by atoms with Gasteiger partial charge in [0.1, 0.15) is 5.75 Å². The van der Waals surface area contributed by atoms with Crippen LogP contribution in [0.1, 0.15) is 19.8 Å². The molecular weight excluding hydrogens is 240 g/mol. The molecule has 1 unspecified atom stereocenters. The van der Waals surface area contributed by atoms with E-state index in [0.717, 1.165) is 32.2 Å². The first-order valence-corrected chi connectivity index (χ1v) is 8.14. The summed E-state index contributed by atoms with van der Waals surface area (Å²) in [6.45, 7) is 5.09. The van der Waals surface area contributed by atoms with E-state index < -0.39 is 9.84 Å². The number of nitrogens with one attached hydrogen (secondary N) is 1. The van der Waals surface area contributed by atoms with Crippen molar-refractivity contribution >= 4 is 15.7 Å². The van der Waals surface area contributed by atoms with E-state index in [1.807, 2.05) is 6.92 Å². The summed E-state index contributed by atoms with van der Waals surface area (Å²) in [5.41, 5.74) is 0. The summed E-state index contributed by atoms with van der Waals surface area (Å²) in [5, 5.41) is 3.30. The van der Waals surface area contributed by atoms with E-state index in [-0.39, 0.29) is 11.7 Å². The molecule has 1 saturated heterocycles. The third-order valence-electron chi connectivity index (χ3n) is 3.00. The summed E-state index contributed by atoms with van der Waals surface area (Å²) in [6.07, 6.45) is 3.33. The number of carbonyl (C=O) groups is 1. The molecule has 0 saturated carbocycles. The molecule has 1 amide bonds. The molecule has 1 aliphatic rings. The minimum Gasteiger partial charge on any atom is -0.342 e. The van der Waals surface area contributed by atoms with E-state index in [4.69, 9.17) is 0 Å². The molecule has 1 aliphatic heterocycles. The molecule has 0 aromatic heterocycles. The van der Waals surface area contributed by atoms with Gasteiger partial charge >= 0.3 is 0 Å². The number of carbonyl (C=O) groups excluding carboxylic acids is 1. The Morgan fingerprint density at radius 1 is 1.47 bits per heavy atom. The van der Waals surface area contributed by atoms with Crippen molar-refractivity contribution in [2.45, 2.75) is 19.8 Å². The molecule has 0 aromatic carbocycles. The van der Waals surface area contributed by atoms with Crippen molar-refractivity contribution in [2.75, 3.05) is 38.2 Å². The third-order valence-corrected chi connectivity index (χ3v) is 3.77. The monoisotopic (exact) mass is 262 g/mol. The van der Waals surface area contributed by atoms with Gasteiger partial charge in [0.25, 0.3) is 0 Å². The number of hydrogen-bond donors (Lipinski definition) is 1. The fraction of sp³-hybridized carbons (Fsp3) is 0.909. The lowest BCUT2D eigenvalue weighted by Crippen LogP contribution is -2.42. The van der Waals surface area contributed by atoms with Crippen LogP contribution in [0.25, 0.3) is 0 Å². The van der Waals surface area contributed by atoms with Gasteiger partial charge in [-0.05, 0) is 38.8 Å². The highest BCUT2D eigenvalue weighted by Crippen LogP contribution is 2.12. The summed E-state index contributed by atoms with van der Waals surface area (Å²) in [7, 11) is -3.23. The SMILES string of the molecule is CCN(CC1CCCNC1)C(=O)CS(C)(=O)=O. The lowest BCUT2D eigenvalue weighted by atomic mass is 9.99. The van der Waals surface area contributed by atoms with Crippen molar-refractivity contribution in [1.29, 1.82) is 0 Å². The highest BCUT2D eigenvalue weighted by Gasteiger charge is 2.21. The fourth-order valence-electron chi connectivity index (χ4n) is 2.11. The van der Waals surface area contributed by atoms with Gasteiger partial charge in [0, 0.05) is 19.3 Å². The number of nitrogens with zero attached hydrogens (tertiary/aromatic N) is 1. The predicted molar refractivity (Wildman–Crippen MR) is 67.6 cm³/mol. The molecule has 1 atom stereocenters. The Kier molecular flexibility index (Phi) is 5.39. The van der Waals surface area contributed by atoms with Crippen molar-refractivity contribution < 1.29 is 13.2 Å². The van der Waals surface area contributed by atoms with E-state index in [0.29, 0.717) is 19.0 Å². The molecule has 0 aromatic rings. The zero-order chi connectivity index (χ0) is 12.9. The molecule has 1 heterocycles.